The molecule has 4 nitrogen and oxygen atoms in total. The lowest BCUT2D eigenvalue weighted by Crippen LogP contribution is -2.20. The lowest BCUT2D eigenvalue weighted by atomic mass is 9.70. The van der Waals surface area contributed by atoms with Crippen LogP contribution in [0.2, 0.25) is 0 Å². The lowest BCUT2D eigenvalue weighted by Gasteiger charge is -2.35. The quantitative estimate of drug-likeness (QED) is 0.318. The van der Waals surface area contributed by atoms with Gasteiger partial charge in [0.25, 0.3) is 0 Å². The summed E-state index contributed by atoms with van der Waals surface area (Å²) < 4.78 is 26.5. The Morgan fingerprint density at radius 3 is 2.49 bits per heavy atom. The van der Waals surface area contributed by atoms with Crippen molar-refractivity contribution < 1.29 is 23.8 Å². The Morgan fingerprint density at radius 2 is 1.78 bits per heavy atom. The molecule has 1 aliphatic carbocycles. The van der Waals surface area contributed by atoms with Crippen molar-refractivity contribution in [2.45, 2.75) is 71.3 Å². The molecule has 0 saturated heterocycles. The molecule has 37 heavy (non-hydrogen) atoms. The maximum Gasteiger partial charge on any atom is 0.303 e. The van der Waals surface area contributed by atoms with Crippen molar-refractivity contribution >= 4 is 5.97 Å². The van der Waals surface area contributed by atoms with Gasteiger partial charge in [0, 0.05) is 5.56 Å². The maximum atomic E-state index is 15.0. The summed E-state index contributed by atoms with van der Waals surface area (Å²) in [6, 6.07) is 18.7. The zero-order chi connectivity index (χ0) is 26.6. The smallest absolute Gasteiger partial charge is 0.303 e. The number of benzene rings is 3. The maximum absolute atomic E-state index is 15.0. The van der Waals surface area contributed by atoms with Crippen LogP contribution in [0.5, 0.6) is 11.5 Å². The molecule has 0 bridgehead atoms. The van der Waals surface area contributed by atoms with E-state index in [4.69, 9.17) is 14.6 Å². The Labute approximate surface area is 219 Å². The molecule has 3 aromatic rings. The van der Waals surface area contributed by atoms with Gasteiger partial charge in [-0.3, -0.25) is 4.79 Å². The highest BCUT2D eigenvalue weighted by Gasteiger charge is 2.29. The van der Waals surface area contributed by atoms with E-state index < -0.39 is 5.97 Å². The number of methoxy groups -OCH3 is 1. The van der Waals surface area contributed by atoms with Crippen LogP contribution in [0.3, 0.4) is 0 Å². The topological polar surface area (TPSA) is 55.8 Å². The molecule has 0 radical (unpaired) electrons. The fraction of sp³-hybridized carbons (Fsp3) is 0.406. The second kappa shape index (κ2) is 11.4. The third-order valence-corrected chi connectivity index (χ3v) is 7.67. The Balaban J connectivity index is 1.61. The number of carboxylic acid groups (broad SMARTS) is 1. The second-order valence-electron chi connectivity index (χ2n) is 11.1. The van der Waals surface area contributed by atoms with Crippen LogP contribution < -0.4 is 9.47 Å². The lowest BCUT2D eigenvalue weighted by molar-refractivity contribution is -0.137. The van der Waals surface area contributed by atoms with Crippen LogP contribution in [-0.2, 0) is 11.4 Å². The number of hydrogen-bond acceptors (Lipinski definition) is 3. The third-order valence-electron chi connectivity index (χ3n) is 7.67. The van der Waals surface area contributed by atoms with Crippen molar-refractivity contribution in [2.24, 2.45) is 5.41 Å². The average Bonchev–Trinajstić information content (AvgIpc) is 2.87. The molecule has 1 aliphatic rings. The van der Waals surface area contributed by atoms with Crippen molar-refractivity contribution in [2.75, 3.05) is 7.11 Å². The molecule has 1 fully saturated rings. The van der Waals surface area contributed by atoms with Crippen molar-refractivity contribution in [3.8, 4) is 22.6 Å². The molecule has 0 aliphatic heterocycles. The number of aliphatic carboxylic acids is 1. The van der Waals surface area contributed by atoms with Crippen LogP contribution in [0, 0.1) is 11.2 Å². The fourth-order valence-corrected chi connectivity index (χ4v) is 5.29. The van der Waals surface area contributed by atoms with Gasteiger partial charge >= 0.3 is 5.97 Å². The van der Waals surface area contributed by atoms with Crippen molar-refractivity contribution in [3.63, 3.8) is 0 Å². The zero-order valence-electron chi connectivity index (χ0n) is 22.2. The molecule has 196 valence electrons. The van der Waals surface area contributed by atoms with Crippen LogP contribution in [0.15, 0.2) is 60.7 Å². The standard InChI is InChI=1S/C32H37FO4/c1-21(16-31(34)35)24-6-5-7-26(18-24)37-20-22-8-10-27(29-19-25(36-4)9-11-30(29)33)28(17-22)23-12-14-32(2,3)15-13-23/h5-11,17-19,21,23H,12-16,20H2,1-4H3,(H,34,35)/t21-/m1/s1. The van der Waals surface area contributed by atoms with Crippen LogP contribution in [0.25, 0.3) is 11.1 Å². The van der Waals surface area contributed by atoms with E-state index in [0.717, 1.165) is 47.9 Å². The minimum Gasteiger partial charge on any atom is -0.497 e. The summed E-state index contributed by atoms with van der Waals surface area (Å²) >= 11 is 0. The minimum absolute atomic E-state index is 0.0767. The molecule has 0 aromatic heterocycles. The predicted molar refractivity (Wildman–Crippen MR) is 145 cm³/mol. The van der Waals surface area contributed by atoms with Gasteiger partial charge in [-0.05, 0) is 95.5 Å². The number of ether oxygens (including phenoxy) is 2. The molecule has 0 spiro atoms. The highest BCUT2D eigenvalue weighted by atomic mass is 19.1. The second-order valence-corrected chi connectivity index (χ2v) is 11.1. The highest BCUT2D eigenvalue weighted by Crippen LogP contribution is 2.45. The minimum atomic E-state index is -0.815. The first-order valence-corrected chi connectivity index (χ1v) is 13.1. The number of halogens is 1. The molecular weight excluding hydrogens is 467 g/mol. The first kappa shape index (κ1) is 26.7. The predicted octanol–water partition coefficient (Wildman–Crippen LogP) is 8.34. The van der Waals surface area contributed by atoms with Crippen LogP contribution >= 0.6 is 0 Å². The van der Waals surface area contributed by atoms with Crippen molar-refractivity contribution in [1.29, 1.82) is 0 Å². The molecule has 1 N–H and O–H groups in total. The Morgan fingerprint density at radius 1 is 1.03 bits per heavy atom. The van der Waals surface area contributed by atoms with E-state index in [2.05, 4.69) is 19.9 Å². The van der Waals surface area contributed by atoms with E-state index in [9.17, 15) is 9.18 Å². The number of carboxylic acids is 1. The molecule has 5 heteroatoms. The molecule has 1 atom stereocenters. The summed E-state index contributed by atoms with van der Waals surface area (Å²) in [5, 5.41) is 9.12. The van der Waals surface area contributed by atoms with Gasteiger partial charge in [-0.25, -0.2) is 4.39 Å². The summed E-state index contributed by atoms with van der Waals surface area (Å²) in [5.41, 5.74) is 4.93. The van der Waals surface area contributed by atoms with Gasteiger partial charge in [0.05, 0.1) is 13.5 Å². The number of carbonyl (C=O) groups is 1. The molecule has 4 rings (SSSR count). The van der Waals surface area contributed by atoms with Crippen LogP contribution in [-0.4, -0.2) is 18.2 Å². The molecule has 0 heterocycles. The molecule has 3 aromatic carbocycles. The van der Waals surface area contributed by atoms with Crippen LogP contribution in [0.1, 0.15) is 81.4 Å². The number of hydrogen-bond donors (Lipinski definition) is 1. The van der Waals surface area contributed by atoms with E-state index >= 15 is 0 Å². The van der Waals surface area contributed by atoms with Gasteiger partial charge in [-0.15, -0.1) is 0 Å². The Bertz CT molecular complexity index is 1240. The van der Waals surface area contributed by atoms with Gasteiger partial charge < -0.3 is 14.6 Å². The number of rotatable bonds is 9. The van der Waals surface area contributed by atoms with E-state index in [1.807, 2.05) is 43.3 Å². The van der Waals surface area contributed by atoms with Crippen molar-refractivity contribution in [3.05, 3.63) is 83.2 Å². The van der Waals surface area contributed by atoms with Crippen molar-refractivity contribution in [1.82, 2.24) is 0 Å². The van der Waals surface area contributed by atoms with Gasteiger partial charge in [-0.2, -0.15) is 0 Å². The molecule has 0 unspecified atom stereocenters. The summed E-state index contributed by atoms with van der Waals surface area (Å²) in [6.07, 6.45) is 4.49. The summed E-state index contributed by atoms with van der Waals surface area (Å²) in [4.78, 5) is 11.1. The Kier molecular flexibility index (Phi) is 8.21. The molecule has 1 saturated carbocycles. The summed E-state index contributed by atoms with van der Waals surface area (Å²) in [7, 11) is 1.60. The zero-order valence-corrected chi connectivity index (χ0v) is 22.2. The molecule has 0 amide bonds. The van der Waals surface area contributed by atoms with E-state index in [1.165, 1.54) is 6.07 Å². The normalized spacial score (nSPS) is 16.2. The largest absolute Gasteiger partial charge is 0.497 e. The Hall–Kier alpha value is -3.34. The summed E-state index contributed by atoms with van der Waals surface area (Å²) in [5.74, 6) is 0.531. The average molecular weight is 505 g/mol. The first-order valence-electron chi connectivity index (χ1n) is 13.1. The van der Waals surface area contributed by atoms with Gasteiger partial charge in [-0.1, -0.05) is 51.1 Å². The molecular formula is C32H37FO4. The van der Waals surface area contributed by atoms with E-state index in [-0.39, 0.29) is 18.2 Å². The van der Waals surface area contributed by atoms with Gasteiger partial charge in [0.2, 0.25) is 0 Å². The summed E-state index contributed by atoms with van der Waals surface area (Å²) in [6.45, 7) is 6.92. The van der Waals surface area contributed by atoms with E-state index in [1.54, 1.807) is 19.2 Å². The first-order chi connectivity index (χ1) is 17.6. The third kappa shape index (κ3) is 6.71. The van der Waals surface area contributed by atoms with Crippen LogP contribution in [0.4, 0.5) is 4.39 Å². The van der Waals surface area contributed by atoms with Gasteiger partial charge in [0.15, 0.2) is 0 Å². The monoisotopic (exact) mass is 504 g/mol. The van der Waals surface area contributed by atoms with E-state index in [0.29, 0.717) is 35.0 Å². The fourth-order valence-electron chi connectivity index (χ4n) is 5.29. The van der Waals surface area contributed by atoms with Gasteiger partial charge in [0.1, 0.15) is 23.9 Å². The highest BCUT2D eigenvalue weighted by molar-refractivity contribution is 5.71. The SMILES string of the molecule is COc1ccc(F)c(-c2ccc(COc3cccc([C@H](C)CC(=O)O)c3)cc2C2CCC(C)(C)CC2)c1.